The molecule has 0 spiro atoms. The summed E-state index contributed by atoms with van der Waals surface area (Å²) >= 11 is 0. The number of carbonyl (C=O) groups excluding carboxylic acids is 1. The summed E-state index contributed by atoms with van der Waals surface area (Å²) in [7, 11) is -3.80. The van der Waals surface area contributed by atoms with E-state index in [0.29, 0.717) is 5.69 Å². The molecule has 0 radical (unpaired) electrons. The number of aromatic nitrogens is 1. The van der Waals surface area contributed by atoms with E-state index in [4.69, 9.17) is 5.14 Å². The van der Waals surface area contributed by atoms with Crippen LogP contribution in [-0.4, -0.2) is 24.9 Å². The summed E-state index contributed by atoms with van der Waals surface area (Å²) in [4.78, 5) is 12.4. The molecule has 21 heavy (non-hydrogen) atoms. The average Bonchev–Trinajstić information content (AvgIpc) is 2.78. The minimum atomic E-state index is -3.80. The molecule has 118 valence electrons. The molecule has 0 aliphatic heterocycles. The fourth-order valence-electron chi connectivity index (χ4n) is 2.51. The molecule has 0 aromatic carbocycles. The molecular formula is C14H23N3O3S. The van der Waals surface area contributed by atoms with Crippen molar-refractivity contribution in [3.05, 3.63) is 18.0 Å². The van der Waals surface area contributed by atoms with Gasteiger partial charge in [-0.2, -0.15) is 0 Å². The van der Waals surface area contributed by atoms with Gasteiger partial charge in [0.25, 0.3) is 5.91 Å². The summed E-state index contributed by atoms with van der Waals surface area (Å²) in [5.74, 6) is -0.231. The molecule has 1 fully saturated rings. The molecule has 1 aliphatic carbocycles. The standard InChI is InChI=1S/C14H23N3O3S/c1-3-10(4-2)16-14(18)13-8-12(21(15,19)20)9-17(13)11-6-5-7-11/h8-11H,3-7H2,1-2H3,(H,16,18)(H2,15,19,20). The molecule has 1 heterocycles. The molecule has 1 aromatic rings. The second-order valence-corrected chi connectivity index (χ2v) is 7.15. The molecular weight excluding hydrogens is 290 g/mol. The molecule has 0 atom stereocenters. The van der Waals surface area contributed by atoms with Crippen LogP contribution in [-0.2, 0) is 10.0 Å². The van der Waals surface area contributed by atoms with Gasteiger partial charge in [0.05, 0.1) is 0 Å². The zero-order valence-electron chi connectivity index (χ0n) is 12.5. The van der Waals surface area contributed by atoms with Gasteiger partial charge in [-0.15, -0.1) is 0 Å². The molecule has 7 heteroatoms. The summed E-state index contributed by atoms with van der Waals surface area (Å²) in [6.07, 6.45) is 6.19. The number of sulfonamides is 1. The highest BCUT2D eigenvalue weighted by Crippen LogP contribution is 2.34. The quantitative estimate of drug-likeness (QED) is 0.838. The van der Waals surface area contributed by atoms with Crippen molar-refractivity contribution in [1.82, 2.24) is 9.88 Å². The first-order chi connectivity index (χ1) is 9.86. The number of carbonyl (C=O) groups is 1. The average molecular weight is 313 g/mol. The van der Waals surface area contributed by atoms with E-state index in [1.54, 1.807) is 4.57 Å². The van der Waals surface area contributed by atoms with Crippen LogP contribution in [0.3, 0.4) is 0 Å². The number of nitrogens with zero attached hydrogens (tertiary/aromatic N) is 1. The minimum Gasteiger partial charge on any atom is -0.348 e. The Bertz CT molecular complexity index is 613. The Labute approximate surface area is 125 Å². The van der Waals surface area contributed by atoms with Crippen LogP contribution in [0.4, 0.5) is 0 Å². The van der Waals surface area contributed by atoms with Gasteiger partial charge in [-0.3, -0.25) is 4.79 Å². The molecule has 6 nitrogen and oxygen atoms in total. The van der Waals surface area contributed by atoms with Gasteiger partial charge < -0.3 is 9.88 Å². The number of primary sulfonamides is 1. The first kappa shape index (κ1) is 16.0. The van der Waals surface area contributed by atoms with Gasteiger partial charge >= 0.3 is 0 Å². The predicted molar refractivity (Wildman–Crippen MR) is 80.5 cm³/mol. The second-order valence-electron chi connectivity index (χ2n) is 5.58. The largest absolute Gasteiger partial charge is 0.348 e. The highest BCUT2D eigenvalue weighted by molar-refractivity contribution is 7.89. The van der Waals surface area contributed by atoms with Gasteiger partial charge in [-0.25, -0.2) is 13.6 Å². The third-order valence-electron chi connectivity index (χ3n) is 4.17. The van der Waals surface area contributed by atoms with E-state index in [-0.39, 0.29) is 22.9 Å². The van der Waals surface area contributed by atoms with Crippen molar-refractivity contribution >= 4 is 15.9 Å². The second kappa shape index (κ2) is 6.19. The van der Waals surface area contributed by atoms with Gasteiger partial charge in [0, 0.05) is 18.3 Å². The molecule has 2 rings (SSSR count). The number of amides is 1. The Hall–Kier alpha value is -1.34. The van der Waals surface area contributed by atoms with Crippen LogP contribution in [0.25, 0.3) is 0 Å². The topological polar surface area (TPSA) is 94.2 Å². The van der Waals surface area contributed by atoms with Crippen LogP contribution in [0.5, 0.6) is 0 Å². The molecule has 1 aromatic heterocycles. The van der Waals surface area contributed by atoms with Crippen LogP contribution >= 0.6 is 0 Å². The summed E-state index contributed by atoms with van der Waals surface area (Å²) in [6, 6.07) is 1.67. The van der Waals surface area contributed by atoms with Crippen LogP contribution in [0, 0.1) is 0 Å². The Morgan fingerprint density at radius 2 is 2.05 bits per heavy atom. The fourth-order valence-corrected chi connectivity index (χ4v) is 3.05. The lowest BCUT2D eigenvalue weighted by Gasteiger charge is -2.29. The van der Waals surface area contributed by atoms with Gasteiger partial charge in [0.2, 0.25) is 10.0 Å². The lowest BCUT2D eigenvalue weighted by Crippen LogP contribution is -2.35. The van der Waals surface area contributed by atoms with E-state index in [1.165, 1.54) is 12.3 Å². The zero-order chi connectivity index (χ0) is 15.6. The summed E-state index contributed by atoms with van der Waals surface area (Å²) in [5.41, 5.74) is 0.385. The van der Waals surface area contributed by atoms with Gasteiger partial charge in [0.15, 0.2) is 0 Å². The van der Waals surface area contributed by atoms with Crippen LogP contribution in [0.2, 0.25) is 0 Å². The maximum atomic E-state index is 12.4. The first-order valence-corrected chi connectivity index (χ1v) is 8.97. The smallest absolute Gasteiger partial charge is 0.268 e. The molecule has 1 saturated carbocycles. The lowest BCUT2D eigenvalue weighted by atomic mass is 9.93. The maximum absolute atomic E-state index is 12.4. The SMILES string of the molecule is CCC(CC)NC(=O)c1cc(S(N)(=O)=O)cn1C1CCC1. The first-order valence-electron chi connectivity index (χ1n) is 7.42. The highest BCUT2D eigenvalue weighted by Gasteiger charge is 2.27. The summed E-state index contributed by atoms with van der Waals surface area (Å²) in [6.45, 7) is 4.02. The van der Waals surface area contributed by atoms with E-state index < -0.39 is 10.0 Å². The number of rotatable bonds is 6. The van der Waals surface area contributed by atoms with Crippen LogP contribution in [0.15, 0.2) is 17.2 Å². The normalized spacial score (nSPS) is 16.0. The van der Waals surface area contributed by atoms with Crippen LogP contribution < -0.4 is 10.5 Å². The van der Waals surface area contributed by atoms with Crippen molar-refractivity contribution in [2.24, 2.45) is 5.14 Å². The molecule has 1 aliphatic rings. The lowest BCUT2D eigenvalue weighted by molar-refractivity contribution is 0.0919. The van der Waals surface area contributed by atoms with E-state index in [2.05, 4.69) is 5.32 Å². The van der Waals surface area contributed by atoms with Crippen molar-refractivity contribution in [3.63, 3.8) is 0 Å². The van der Waals surface area contributed by atoms with Crippen molar-refractivity contribution in [1.29, 1.82) is 0 Å². The Morgan fingerprint density at radius 3 is 2.48 bits per heavy atom. The summed E-state index contributed by atoms with van der Waals surface area (Å²) < 4.78 is 24.8. The Kier molecular flexibility index (Phi) is 4.73. The molecule has 0 saturated heterocycles. The molecule has 3 N–H and O–H groups in total. The van der Waals surface area contributed by atoms with E-state index in [9.17, 15) is 13.2 Å². The summed E-state index contributed by atoms with van der Waals surface area (Å²) in [5, 5.41) is 8.13. The number of nitrogens with one attached hydrogen (secondary N) is 1. The predicted octanol–water partition coefficient (Wildman–Crippen LogP) is 1.78. The Balaban J connectivity index is 2.32. The molecule has 1 amide bonds. The molecule has 0 unspecified atom stereocenters. The van der Waals surface area contributed by atoms with E-state index >= 15 is 0 Å². The third-order valence-corrected chi connectivity index (χ3v) is 5.05. The minimum absolute atomic E-state index is 0.00379. The molecule has 0 bridgehead atoms. The Morgan fingerprint density at radius 1 is 1.43 bits per heavy atom. The highest BCUT2D eigenvalue weighted by atomic mass is 32.2. The van der Waals surface area contributed by atoms with Gasteiger partial charge in [-0.1, -0.05) is 13.8 Å². The monoisotopic (exact) mass is 313 g/mol. The maximum Gasteiger partial charge on any atom is 0.268 e. The fraction of sp³-hybridized carbons (Fsp3) is 0.643. The van der Waals surface area contributed by atoms with Gasteiger partial charge in [0.1, 0.15) is 10.6 Å². The van der Waals surface area contributed by atoms with Crippen LogP contribution in [0.1, 0.15) is 62.5 Å². The van der Waals surface area contributed by atoms with Crippen molar-refractivity contribution in [2.45, 2.75) is 62.9 Å². The third kappa shape index (κ3) is 3.47. The van der Waals surface area contributed by atoms with Gasteiger partial charge in [-0.05, 0) is 38.2 Å². The van der Waals surface area contributed by atoms with E-state index in [0.717, 1.165) is 32.1 Å². The number of hydrogen-bond acceptors (Lipinski definition) is 3. The zero-order valence-corrected chi connectivity index (χ0v) is 13.3. The van der Waals surface area contributed by atoms with E-state index in [1.807, 2.05) is 13.8 Å². The number of nitrogens with two attached hydrogens (primary N) is 1. The van der Waals surface area contributed by atoms with Crippen molar-refractivity contribution in [3.8, 4) is 0 Å². The number of hydrogen-bond donors (Lipinski definition) is 2. The van der Waals surface area contributed by atoms with Crippen molar-refractivity contribution in [2.75, 3.05) is 0 Å². The van der Waals surface area contributed by atoms with Crippen molar-refractivity contribution < 1.29 is 13.2 Å².